The Morgan fingerprint density at radius 1 is 0.950 bits per heavy atom. The van der Waals surface area contributed by atoms with Gasteiger partial charge in [-0.2, -0.15) is 5.26 Å². The number of H-pyrrole nitrogens is 1. The lowest BCUT2D eigenvalue weighted by atomic mass is 10.1. The molecular weight excluding hydrogens is 268 g/mol. The van der Waals surface area contributed by atoms with Crippen molar-refractivity contribution in [2.45, 2.75) is 0 Å². The molecule has 2 nitrogen and oxygen atoms in total. The van der Waals surface area contributed by atoms with Gasteiger partial charge in [-0.3, -0.25) is 0 Å². The summed E-state index contributed by atoms with van der Waals surface area (Å²) in [6, 6.07) is 21.5. The van der Waals surface area contributed by atoms with E-state index in [4.69, 9.17) is 11.6 Å². The topological polar surface area (TPSA) is 39.6 Å². The highest BCUT2D eigenvalue weighted by Crippen LogP contribution is 2.32. The highest BCUT2D eigenvalue weighted by atomic mass is 35.5. The van der Waals surface area contributed by atoms with E-state index in [-0.39, 0.29) is 0 Å². The molecular formula is C17H11ClN2. The summed E-state index contributed by atoms with van der Waals surface area (Å²) in [5.74, 6) is 0. The molecule has 0 radical (unpaired) electrons. The molecule has 0 saturated carbocycles. The fourth-order valence-electron chi connectivity index (χ4n) is 2.19. The van der Waals surface area contributed by atoms with Crippen LogP contribution in [0.4, 0.5) is 0 Å². The van der Waals surface area contributed by atoms with Gasteiger partial charge in [-0.05, 0) is 17.7 Å². The predicted molar refractivity (Wildman–Crippen MR) is 81.4 cm³/mol. The van der Waals surface area contributed by atoms with Crippen molar-refractivity contribution < 1.29 is 0 Å². The second kappa shape index (κ2) is 5.24. The minimum atomic E-state index is 0.594. The zero-order valence-corrected chi connectivity index (χ0v) is 11.4. The minimum Gasteiger partial charge on any atom is -0.353 e. The Morgan fingerprint density at radius 2 is 1.65 bits per heavy atom. The SMILES string of the molecule is N#Cc1cc(-c2ccccc2)[nH]c1-c1ccccc1Cl. The summed E-state index contributed by atoms with van der Waals surface area (Å²) in [7, 11) is 0. The third-order valence-corrected chi connectivity index (χ3v) is 3.50. The van der Waals surface area contributed by atoms with E-state index in [0.29, 0.717) is 10.6 Å². The molecule has 0 bridgehead atoms. The van der Waals surface area contributed by atoms with Gasteiger partial charge in [0, 0.05) is 16.3 Å². The first-order valence-corrected chi connectivity index (χ1v) is 6.61. The second-order valence-electron chi connectivity index (χ2n) is 4.43. The minimum absolute atomic E-state index is 0.594. The monoisotopic (exact) mass is 278 g/mol. The molecule has 0 aliphatic rings. The molecule has 2 aromatic carbocycles. The number of aromatic amines is 1. The maximum Gasteiger partial charge on any atom is 0.101 e. The first-order valence-electron chi connectivity index (χ1n) is 6.23. The van der Waals surface area contributed by atoms with Gasteiger partial charge in [0.15, 0.2) is 0 Å². The normalized spacial score (nSPS) is 10.2. The summed E-state index contributed by atoms with van der Waals surface area (Å²) >= 11 is 6.21. The summed E-state index contributed by atoms with van der Waals surface area (Å²) in [4.78, 5) is 3.30. The van der Waals surface area contributed by atoms with Crippen molar-refractivity contribution in [3.63, 3.8) is 0 Å². The van der Waals surface area contributed by atoms with Crippen LogP contribution in [-0.2, 0) is 0 Å². The Kier molecular flexibility index (Phi) is 3.28. The molecule has 20 heavy (non-hydrogen) atoms. The highest BCUT2D eigenvalue weighted by Gasteiger charge is 2.13. The molecule has 3 heteroatoms. The van der Waals surface area contributed by atoms with Gasteiger partial charge in [-0.25, -0.2) is 0 Å². The molecule has 0 unspecified atom stereocenters. The number of benzene rings is 2. The van der Waals surface area contributed by atoms with Crippen molar-refractivity contribution in [2.24, 2.45) is 0 Å². The van der Waals surface area contributed by atoms with Crippen LogP contribution >= 0.6 is 11.6 Å². The van der Waals surface area contributed by atoms with E-state index in [1.54, 1.807) is 0 Å². The molecule has 1 N–H and O–H groups in total. The summed E-state index contributed by atoms with van der Waals surface area (Å²) < 4.78 is 0. The molecule has 0 atom stereocenters. The lowest BCUT2D eigenvalue weighted by molar-refractivity contribution is 1.38. The zero-order chi connectivity index (χ0) is 13.9. The standard InChI is InChI=1S/C17H11ClN2/c18-15-9-5-4-8-14(15)17-13(11-19)10-16(20-17)12-6-2-1-3-7-12/h1-10,20H. The van der Waals surface area contributed by atoms with Crippen molar-refractivity contribution in [3.05, 3.63) is 71.2 Å². The first-order chi connectivity index (χ1) is 9.79. The van der Waals surface area contributed by atoms with Gasteiger partial charge in [-0.15, -0.1) is 0 Å². The van der Waals surface area contributed by atoms with Crippen LogP contribution in [0.5, 0.6) is 0 Å². The average molecular weight is 279 g/mol. The van der Waals surface area contributed by atoms with Crippen LogP contribution in [0.2, 0.25) is 5.02 Å². The van der Waals surface area contributed by atoms with Crippen LogP contribution in [0.3, 0.4) is 0 Å². The van der Waals surface area contributed by atoms with Crippen molar-refractivity contribution in [1.29, 1.82) is 5.26 Å². The molecule has 0 amide bonds. The van der Waals surface area contributed by atoms with Crippen LogP contribution in [0.15, 0.2) is 60.7 Å². The van der Waals surface area contributed by atoms with Gasteiger partial charge in [0.2, 0.25) is 0 Å². The second-order valence-corrected chi connectivity index (χ2v) is 4.84. The Hall–Kier alpha value is -2.50. The molecule has 0 aliphatic carbocycles. The van der Waals surface area contributed by atoms with Crippen LogP contribution in [-0.4, -0.2) is 4.98 Å². The highest BCUT2D eigenvalue weighted by molar-refractivity contribution is 6.33. The fraction of sp³-hybridized carbons (Fsp3) is 0. The van der Waals surface area contributed by atoms with Crippen molar-refractivity contribution >= 4 is 11.6 Å². The van der Waals surface area contributed by atoms with Crippen LogP contribution in [0, 0.1) is 11.3 Å². The van der Waals surface area contributed by atoms with E-state index in [1.165, 1.54) is 0 Å². The molecule has 0 aliphatic heterocycles. The van der Waals surface area contributed by atoms with E-state index >= 15 is 0 Å². The maximum absolute atomic E-state index is 9.32. The molecule has 0 spiro atoms. The number of halogens is 1. The zero-order valence-electron chi connectivity index (χ0n) is 10.6. The van der Waals surface area contributed by atoms with Crippen molar-refractivity contribution in [2.75, 3.05) is 0 Å². The van der Waals surface area contributed by atoms with E-state index in [0.717, 1.165) is 22.5 Å². The number of aromatic nitrogens is 1. The Balaban J connectivity index is 2.16. The number of nitrogens with one attached hydrogen (secondary N) is 1. The largest absolute Gasteiger partial charge is 0.353 e. The third-order valence-electron chi connectivity index (χ3n) is 3.17. The van der Waals surface area contributed by atoms with Crippen molar-refractivity contribution in [1.82, 2.24) is 4.98 Å². The predicted octanol–water partition coefficient (Wildman–Crippen LogP) is 4.87. The number of hydrogen-bond donors (Lipinski definition) is 1. The quantitative estimate of drug-likeness (QED) is 0.713. The molecule has 0 saturated heterocycles. The summed E-state index contributed by atoms with van der Waals surface area (Å²) in [6.45, 7) is 0. The Labute approximate surface area is 122 Å². The number of hydrogen-bond acceptors (Lipinski definition) is 1. The smallest absolute Gasteiger partial charge is 0.101 e. The summed E-state index contributed by atoms with van der Waals surface area (Å²) in [5, 5.41) is 9.95. The van der Waals surface area contributed by atoms with Gasteiger partial charge in [-0.1, -0.05) is 60.1 Å². The number of rotatable bonds is 2. The Bertz CT molecular complexity index is 782. The molecule has 1 aromatic heterocycles. The average Bonchev–Trinajstić information content (AvgIpc) is 2.93. The van der Waals surface area contributed by atoms with Gasteiger partial charge in [0.25, 0.3) is 0 Å². The molecule has 3 rings (SSSR count). The van der Waals surface area contributed by atoms with Gasteiger partial charge in [0.05, 0.1) is 11.3 Å². The van der Waals surface area contributed by atoms with E-state index in [1.807, 2.05) is 60.7 Å². The van der Waals surface area contributed by atoms with E-state index < -0.39 is 0 Å². The van der Waals surface area contributed by atoms with E-state index in [2.05, 4.69) is 11.1 Å². The van der Waals surface area contributed by atoms with Crippen LogP contribution < -0.4 is 0 Å². The van der Waals surface area contributed by atoms with E-state index in [9.17, 15) is 5.26 Å². The van der Waals surface area contributed by atoms with Gasteiger partial charge in [0.1, 0.15) is 6.07 Å². The maximum atomic E-state index is 9.32. The van der Waals surface area contributed by atoms with Gasteiger partial charge < -0.3 is 4.98 Å². The third kappa shape index (κ3) is 2.20. The van der Waals surface area contributed by atoms with Crippen molar-refractivity contribution in [3.8, 4) is 28.6 Å². The van der Waals surface area contributed by atoms with Crippen LogP contribution in [0.1, 0.15) is 5.56 Å². The Morgan fingerprint density at radius 3 is 2.35 bits per heavy atom. The molecule has 1 heterocycles. The lowest BCUT2D eigenvalue weighted by Crippen LogP contribution is -1.83. The molecule has 3 aromatic rings. The fourth-order valence-corrected chi connectivity index (χ4v) is 2.42. The molecule has 0 fully saturated rings. The number of nitriles is 1. The van der Waals surface area contributed by atoms with Crippen LogP contribution in [0.25, 0.3) is 22.5 Å². The van der Waals surface area contributed by atoms with Gasteiger partial charge >= 0.3 is 0 Å². The summed E-state index contributed by atoms with van der Waals surface area (Å²) in [6.07, 6.45) is 0. The molecule has 96 valence electrons. The first kappa shape index (κ1) is 12.5. The number of nitrogens with zero attached hydrogens (tertiary/aromatic N) is 1. The lowest BCUT2D eigenvalue weighted by Gasteiger charge is -2.02. The summed E-state index contributed by atoms with van der Waals surface area (Å²) in [5.41, 5.74) is 4.15.